The zero-order valence-electron chi connectivity index (χ0n) is 19.1. The van der Waals surface area contributed by atoms with Gasteiger partial charge in [0.1, 0.15) is 12.0 Å². The van der Waals surface area contributed by atoms with Crippen molar-refractivity contribution in [3.05, 3.63) is 77.5 Å². The van der Waals surface area contributed by atoms with E-state index in [1.165, 1.54) is 0 Å². The molecule has 0 radical (unpaired) electrons. The van der Waals surface area contributed by atoms with Crippen LogP contribution in [0.25, 0.3) is 0 Å². The van der Waals surface area contributed by atoms with E-state index in [0.29, 0.717) is 11.6 Å². The Balaban J connectivity index is 1.71. The van der Waals surface area contributed by atoms with Crippen molar-refractivity contribution in [2.45, 2.75) is 44.3 Å². The number of methoxy groups -OCH3 is 1. The number of fused-ring (bicyclic) bond motifs is 1. The SMILES string of the molecule is CCCNCc1ccc(OC)c(C2(N3CCCC3c3ncco3)C(=O)Nc3ccccc32)c1. The van der Waals surface area contributed by atoms with Gasteiger partial charge in [0.2, 0.25) is 5.89 Å². The van der Waals surface area contributed by atoms with E-state index in [2.05, 4.69) is 39.6 Å². The minimum absolute atomic E-state index is 0.0703. The van der Waals surface area contributed by atoms with E-state index in [0.717, 1.165) is 61.3 Å². The molecule has 2 aromatic carbocycles. The second-order valence-electron chi connectivity index (χ2n) is 8.64. The summed E-state index contributed by atoms with van der Waals surface area (Å²) >= 11 is 0. The number of nitrogens with one attached hydrogen (secondary N) is 2. The van der Waals surface area contributed by atoms with E-state index in [1.54, 1.807) is 19.6 Å². The van der Waals surface area contributed by atoms with Gasteiger partial charge in [0, 0.05) is 29.9 Å². The Morgan fingerprint density at radius 3 is 2.94 bits per heavy atom. The van der Waals surface area contributed by atoms with Gasteiger partial charge in [-0.1, -0.05) is 31.2 Å². The molecule has 0 aliphatic carbocycles. The molecule has 1 amide bonds. The Kier molecular flexibility index (Phi) is 5.91. The number of carbonyl (C=O) groups excluding carboxylic acids is 1. The van der Waals surface area contributed by atoms with Gasteiger partial charge in [-0.15, -0.1) is 0 Å². The summed E-state index contributed by atoms with van der Waals surface area (Å²) in [7, 11) is 1.66. The van der Waals surface area contributed by atoms with Crippen molar-refractivity contribution in [2.75, 3.05) is 25.5 Å². The predicted octanol–water partition coefficient (Wildman–Crippen LogP) is 4.22. The zero-order chi connectivity index (χ0) is 22.8. The summed E-state index contributed by atoms with van der Waals surface area (Å²) in [5.74, 6) is 1.27. The van der Waals surface area contributed by atoms with Crippen LogP contribution < -0.4 is 15.4 Å². The standard InChI is InChI=1S/C26H30N4O3/c1-3-12-27-17-18-10-11-23(32-2)20(16-18)26(19-7-4-5-8-21(19)29-25(26)31)30-14-6-9-22(30)24-28-13-15-33-24/h4-5,7-8,10-11,13,15-16,22,27H,3,6,9,12,14,17H2,1-2H3,(H,29,31). The normalized spacial score (nSPS) is 22.4. The zero-order valence-corrected chi connectivity index (χ0v) is 19.1. The summed E-state index contributed by atoms with van der Waals surface area (Å²) in [5.41, 5.74) is 2.69. The highest BCUT2D eigenvalue weighted by Gasteiger charge is 2.57. The van der Waals surface area contributed by atoms with Gasteiger partial charge in [-0.3, -0.25) is 9.69 Å². The summed E-state index contributed by atoms with van der Waals surface area (Å²) < 4.78 is 11.6. The summed E-state index contributed by atoms with van der Waals surface area (Å²) in [6.45, 7) is 4.56. The van der Waals surface area contributed by atoms with Crippen molar-refractivity contribution >= 4 is 11.6 Å². The number of hydrogen-bond donors (Lipinski definition) is 2. The molecule has 0 spiro atoms. The molecule has 3 aromatic rings. The van der Waals surface area contributed by atoms with Crippen molar-refractivity contribution in [3.63, 3.8) is 0 Å². The Morgan fingerprint density at radius 1 is 1.27 bits per heavy atom. The van der Waals surface area contributed by atoms with E-state index in [4.69, 9.17) is 9.15 Å². The number of anilines is 1. The molecule has 7 heteroatoms. The second-order valence-corrected chi connectivity index (χ2v) is 8.64. The van der Waals surface area contributed by atoms with Gasteiger partial charge in [-0.25, -0.2) is 4.98 Å². The monoisotopic (exact) mass is 446 g/mol. The van der Waals surface area contributed by atoms with Gasteiger partial charge in [0.25, 0.3) is 5.91 Å². The Morgan fingerprint density at radius 2 is 2.15 bits per heavy atom. The quantitative estimate of drug-likeness (QED) is 0.505. The Bertz CT molecular complexity index is 1130. The van der Waals surface area contributed by atoms with E-state index in [1.807, 2.05) is 30.3 Å². The highest BCUT2D eigenvalue weighted by molar-refractivity contribution is 6.08. The first kappa shape index (κ1) is 21.7. The topological polar surface area (TPSA) is 79.6 Å². The van der Waals surface area contributed by atoms with Crippen molar-refractivity contribution in [1.29, 1.82) is 0 Å². The van der Waals surface area contributed by atoms with E-state index in [-0.39, 0.29) is 11.9 Å². The van der Waals surface area contributed by atoms with Crippen LogP contribution in [0, 0.1) is 0 Å². The lowest BCUT2D eigenvalue weighted by Crippen LogP contribution is -2.51. The maximum atomic E-state index is 14.0. The number of ether oxygens (including phenoxy) is 1. The fraction of sp³-hybridized carbons (Fsp3) is 0.385. The lowest BCUT2D eigenvalue weighted by atomic mass is 9.80. The number of rotatable bonds is 8. The van der Waals surface area contributed by atoms with Crippen LogP contribution in [-0.4, -0.2) is 36.0 Å². The van der Waals surface area contributed by atoms with Crippen molar-refractivity contribution in [2.24, 2.45) is 0 Å². The maximum absolute atomic E-state index is 14.0. The second kappa shape index (κ2) is 9.00. The number of aromatic nitrogens is 1. The summed E-state index contributed by atoms with van der Waals surface area (Å²) in [6, 6.07) is 14.0. The first-order valence-corrected chi connectivity index (χ1v) is 11.6. The molecule has 1 fully saturated rings. The molecule has 1 aromatic heterocycles. The molecule has 33 heavy (non-hydrogen) atoms. The molecule has 0 saturated carbocycles. The first-order chi connectivity index (χ1) is 16.2. The van der Waals surface area contributed by atoms with Crippen molar-refractivity contribution in [1.82, 2.24) is 15.2 Å². The third kappa shape index (κ3) is 3.52. The number of amides is 1. The predicted molar refractivity (Wildman–Crippen MR) is 126 cm³/mol. The van der Waals surface area contributed by atoms with Gasteiger partial charge in [-0.2, -0.15) is 0 Å². The van der Waals surface area contributed by atoms with Gasteiger partial charge in [0.05, 0.1) is 19.3 Å². The number of carbonyl (C=O) groups is 1. The minimum Gasteiger partial charge on any atom is -0.496 e. The fourth-order valence-electron chi connectivity index (χ4n) is 5.33. The molecule has 5 rings (SSSR count). The highest BCUT2D eigenvalue weighted by Crippen LogP contribution is 2.53. The molecule has 7 nitrogen and oxygen atoms in total. The van der Waals surface area contributed by atoms with Crippen LogP contribution in [0.2, 0.25) is 0 Å². The largest absolute Gasteiger partial charge is 0.496 e. The minimum atomic E-state index is -1.04. The summed E-state index contributed by atoms with van der Waals surface area (Å²) in [6.07, 6.45) is 6.15. The van der Waals surface area contributed by atoms with Gasteiger partial charge < -0.3 is 19.8 Å². The molecule has 2 unspecified atom stereocenters. The lowest BCUT2D eigenvalue weighted by molar-refractivity contribution is -0.126. The highest BCUT2D eigenvalue weighted by atomic mass is 16.5. The van der Waals surface area contributed by atoms with E-state index in [9.17, 15) is 4.79 Å². The van der Waals surface area contributed by atoms with Crippen molar-refractivity contribution in [3.8, 4) is 5.75 Å². The smallest absolute Gasteiger partial charge is 0.254 e. The van der Waals surface area contributed by atoms with Crippen molar-refractivity contribution < 1.29 is 13.9 Å². The molecular weight excluding hydrogens is 416 g/mol. The van der Waals surface area contributed by atoms with Crippen LogP contribution in [-0.2, 0) is 16.9 Å². The maximum Gasteiger partial charge on any atom is 0.254 e. The van der Waals surface area contributed by atoms with Crippen LogP contribution in [0.3, 0.4) is 0 Å². The summed E-state index contributed by atoms with van der Waals surface area (Å²) in [5, 5.41) is 6.62. The molecule has 172 valence electrons. The van der Waals surface area contributed by atoms with Crippen LogP contribution in [0.5, 0.6) is 5.75 Å². The number of hydrogen-bond acceptors (Lipinski definition) is 6. The molecule has 1 saturated heterocycles. The van der Waals surface area contributed by atoms with Crippen LogP contribution in [0.1, 0.15) is 54.8 Å². The number of nitrogens with zero attached hydrogens (tertiary/aromatic N) is 2. The van der Waals surface area contributed by atoms with E-state index < -0.39 is 5.54 Å². The summed E-state index contributed by atoms with van der Waals surface area (Å²) in [4.78, 5) is 20.7. The fourth-order valence-corrected chi connectivity index (χ4v) is 5.33. The van der Waals surface area contributed by atoms with Gasteiger partial charge >= 0.3 is 0 Å². The van der Waals surface area contributed by atoms with Crippen LogP contribution in [0.4, 0.5) is 5.69 Å². The molecule has 0 bridgehead atoms. The van der Waals surface area contributed by atoms with Gasteiger partial charge in [-0.05, 0) is 49.6 Å². The number of likely N-dealkylation sites (tertiary alicyclic amines) is 1. The lowest BCUT2D eigenvalue weighted by Gasteiger charge is -2.41. The molecular formula is C26H30N4O3. The van der Waals surface area contributed by atoms with Crippen LogP contribution in [0.15, 0.2) is 59.3 Å². The average Bonchev–Trinajstić information content (AvgIpc) is 3.58. The average molecular weight is 447 g/mol. The molecule has 3 heterocycles. The Labute approximate surface area is 194 Å². The number of para-hydroxylation sites is 1. The first-order valence-electron chi connectivity index (χ1n) is 11.6. The Hall–Kier alpha value is -3.16. The molecule has 2 atom stereocenters. The van der Waals surface area contributed by atoms with Gasteiger partial charge in [0.15, 0.2) is 5.54 Å². The molecule has 2 aliphatic heterocycles. The third-order valence-corrected chi connectivity index (χ3v) is 6.72. The van der Waals surface area contributed by atoms with E-state index >= 15 is 0 Å². The number of benzene rings is 2. The molecule has 2 N–H and O–H groups in total. The van der Waals surface area contributed by atoms with Crippen LogP contribution >= 0.6 is 0 Å². The number of oxazole rings is 1. The third-order valence-electron chi connectivity index (χ3n) is 6.72. The molecule has 2 aliphatic rings.